The number of aryl methyl sites for hydroxylation is 1. The number of hydrogen-bond acceptors (Lipinski definition) is 7. The molecule has 0 unspecified atom stereocenters. The van der Waals surface area contributed by atoms with Crippen molar-refractivity contribution in [2.45, 2.75) is 30.4 Å². The number of halogens is 1. The summed E-state index contributed by atoms with van der Waals surface area (Å²) in [5.74, 6) is 2.33. The van der Waals surface area contributed by atoms with E-state index in [-0.39, 0.29) is 10.8 Å². The Morgan fingerprint density at radius 3 is 2.65 bits per heavy atom. The lowest BCUT2D eigenvalue weighted by molar-refractivity contribution is 0.572. The maximum atomic E-state index is 12.2. The van der Waals surface area contributed by atoms with Crippen molar-refractivity contribution in [3.63, 3.8) is 0 Å². The second kappa shape index (κ2) is 8.51. The van der Waals surface area contributed by atoms with Crippen molar-refractivity contribution in [3.8, 4) is 0 Å². The van der Waals surface area contributed by atoms with Crippen LogP contribution in [0.4, 0.5) is 11.6 Å². The molecule has 7 nitrogen and oxygen atoms in total. The van der Waals surface area contributed by atoms with Gasteiger partial charge in [-0.25, -0.2) is 23.1 Å². The van der Waals surface area contributed by atoms with Crippen molar-refractivity contribution >= 4 is 44.6 Å². The van der Waals surface area contributed by atoms with Crippen LogP contribution in [0.1, 0.15) is 25.1 Å². The lowest BCUT2D eigenvalue weighted by Gasteiger charge is -2.28. The summed E-state index contributed by atoms with van der Waals surface area (Å²) in [5, 5.41) is 3.17. The molecule has 1 fully saturated rings. The van der Waals surface area contributed by atoms with Crippen LogP contribution in [0.25, 0.3) is 0 Å². The number of nitrogens with zero attached hydrogens (tertiary/aromatic N) is 3. The summed E-state index contributed by atoms with van der Waals surface area (Å²) in [6, 6.07) is 5.00. The molecule has 1 aliphatic heterocycles. The Bertz CT molecular complexity index is 850. The van der Waals surface area contributed by atoms with Crippen molar-refractivity contribution in [1.29, 1.82) is 0 Å². The van der Waals surface area contributed by atoms with Crippen LogP contribution in [0.5, 0.6) is 0 Å². The first-order chi connectivity index (χ1) is 12.4. The third kappa shape index (κ3) is 5.06. The largest absolute Gasteiger partial charge is 0.369 e. The van der Waals surface area contributed by atoms with E-state index < -0.39 is 10.0 Å². The van der Waals surface area contributed by atoms with E-state index in [4.69, 9.17) is 11.6 Å². The Morgan fingerprint density at radius 2 is 1.96 bits per heavy atom. The Balaban J connectivity index is 1.55. The maximum absolute atomic E-state index is 12.2. The molecule has 26 heavy (non-hydrogen) atoms. The minimum atomic E-state index is -3.52. The van der Waals surface area contributed by atoms with Crippen LogP contribution >= 0.6 is 22.9 Å². The standard InChI is InChI=1S/C16H22ClN5O2S2/c1-12-20-14(11-15(21-12)22-9-3-2-4-10-22)18-7-8-19-26(23,24)16-6-5-13(17)25-16/h5-6,11,19H,2-4,7-10H2,1H3,(H,18,20,21). The zero-order valence-corrected chi connectivity index (χ0v) is 16.9. The molecule has 3 rings (SSSR count). The van der Waals surface area contributed by atoms with Gasteiger partial charge in [0.15, 0.2) is 0 Å². The van der Waals surface area contributed by atoms with Gasteiger partial charge in [0.25, 0.3) is 0 Å². The summed E-state index contributed by atoms with van der Waals surface area (Å²) < 4.78 is 27.5. The van der Waals surface area contributed by atoms with Crippen LogP contribution in [0.3, 0.4) is 0 Å². The molecule has 0 saturated carbocycles. The van der Waals surface area contributed by atoms with E-state index in [9.17, 15) is 8.42 Å². The van der Waals surface area contributed by atoms with Crippen LogP contribution in [0.15, 0.2) is 22.4 Å². The van der Waals surface area contributed by atoms with Crippen LogP contribution in [-0.4, -0.2) is 44.6 Å². The Labute approximate surface area is 162 Å². The van der Waals surface area contributed by atoms with Gasteiger partial charge >= 0.3 is 0 Å². The average molecular weight is 416 g/mol. The molecule has 0 aliphatic carbocycles. The van der Waals surface area contributed by atoms with Crippen LogP contribution in [-0.2, 0) is 10.0 Å². The monoisotopic (exact) mass is 415 g/mol. The van der Waals surface area contributed by atoms with Gasteiger partial charge in [0.2, 0.25) is 10.0 Å². The summed E-state index contributed by atoms with van der Waals surface area (Å²) in [6.07, 6.45) is 3.63. The molecule has 2 aromatic rings. The van der Waals surface area contributed by atoms with Gasteiger partial charge in [-0.3, -0.25) is 0 Å². The zero-order valence-electron chi connectivity index (χ0n) is 14.5. The minimum Gasteiger partial charge on any atom is -0.369 e. The topological polar surface area (TPSA) is 87.2 Å². The summed E-state index contributed by atoms with van der Waals surface area (Å²) in [4.78, 5) is 11.2. The van der Waals surface area contributed by atoms with Crippen molar-refractivity contribution < 1.29 is 8.42 Å². The van der Waals surface area contributed by atoms with E-state index in [1.807, 2.05) is 13.0 Å². The number of anilines is 2. The summed E-state index contributed by atoms with van der Waals surface area (Å²) in [5.41, 5.74) is 0. The third-order valence-corrected chi connectivity index (χ3v) is 7.23. The highest BCUT2D eigenvalue weighted by atomic mass is 35.5. The van der Waals surface area contributed by atoms with Gasteiger partial charge < -0.3 is 10.2 Å². The summed E-state index contributed by atoms with van der Waals surface area (Å²) in [6.45, 7) is 4.56. The number of rotatable bonds is 7. The number of aromatic nitrogens is 2. The number of nitrogens with one attached hydrogen (secondary N) is 2. The smallest absolute Gasteiger partial charge is 0.250 e. The highest BCUT2D eigenvalue weighted by Crippen LogP contribution is 2.25. The lowest BCUT2D eigenvalue weighted by Crippen LogP contribution is -2.31. The maximum Gasteiger partial charge on any atom is 0.250 e. The van der Waals surface area contributed by atoms with E-state index in [0.29, 0.717) is 22.5 Å². The molecule has 0 spiro atoms. The van der Waals surface area contributed by atoms with Gasteiger partial charge in [0.1, 0.15) is 21.7 Å². The van der Waals surface area contributed by atoms with Gasteiger partial charge in [-0.15, -0.1) is 11.3 Å². The van der Waals surface area contributed by atoms with Gasteiger partial charge in [-0.1, -0.05) is 11.6 Å². The molecule has 0 aromatic carbocycles. The first-order valence-corrected chi connectivity index (χ1v) is 11.2. The van der Waals surface area contributed by atoms with Gasteiger partial charge in [-0.2, -0.15) is 0 Å². The fourth-order valence-electron chi connectivity index (χ4n) is 2.82. The van der Waals surface area contributed by atoms with E-state index in [2.05, 4.69) is 24.9 Å². The highest BCUT2D eigenvalue weighted by Gasteiger charge is 2.16. The van der Waals surface area contributed by atoms with E-state index in [0.717, 1.165) is 30.2 Å². The number of sulfonamides is 1. The molecule has 1 saturated heterocycles. The molecule has 0 atom stereocenters. The molecule has 0 amide bonds. The molecule has 142 valence electrons. The molecule has 2 aromatic heterocycles. The third-order valence-electron chi connectivity index (χ3n) is 4.04. The summed E-state index contributed by atoms with van der Waals surface area (Å²) in [7, 11) is -3.52. The first-order valence-electron chi connectivity index (χ1n) is 8.53. The van der Waals surface area contributed by atoms with E-state index in [1.54, 1.807) is 6.07 Å². The Morgan fingerprint density at radius 1 is 1.19 bits per heavy atom. The number of thiophene rings is 1. The number of hydrogen-bond donors (Lipinski definition) is 2. The predicted molar refractivity (Wildman–Crippen MR) is 106 cm³/mol. The van der Waals surface area contributed by atoms with Crippen molar-refractivity contribution in [3.05, 3.63) is 28.4 Å². The lowest BCUT2D eigenvalue weighted by atomic mass is 10.1. The second-order valence-electron chi connectivity index (χ2n) is 6.09. The van der Waals surface area contributed by atoms with E-state index in [1.165, 1.54) is 25.3 Å². The van der Waals surface area contributed by atoms with Crippen LogP contribution in [0.2, 0.25) is 4.34 Å². The zero-order chi connectivity index (χ0) is 18.6. The molecular formula is C16H22ClN5O2S2. The van der Waals surface area contributed by atoms with Crippen molar-refractivity contribution in [2.24, 2.45) is 0 Å². The molecular weight excluding hydrogens is 394 g/mol. The fraction of sp³-hybridized carbons (Fsp3) is 0.500. The highest BCUT2D eigenvalue weighted by molar-refractivity contribution is 7.91. The van der Waals surface area contributed by atoms with Crippen molar-refractivity contribution in [2.75, 3.05) is 36.4 Å². The van der Waals surface area contributed by atoms with Crippen LogP contribution in [0, 0.1) is 6.92 Å². The molecule has 3 heterocycles. The van der Waals surface area contributed by atoms with Crippen molar-refractivity contribution in [1.82, 2.24) is 14.7 Å². The van der Waals surface area contributed by atoms with Gasteiger partial charge in [0.05, 0.1) is 4.34 Å². The van der Waals surface area contributed by atoms with Gasteiger partial charge in [-0.05, 0) is 38.3 Å². The molecule has 0 radical (unpaired) electrons. The fourth-order valence-corrected chi connectivity index (χ4v) is 5.38. The normalized spacial score (nSPS) is 15.2. The number of piperidine rings is 1. The molecule has 0 bridgehead atoms. The van der Waals surface area contributed by atoms with Gasteiger partial charge in [0, 0.05) is 32.2 Å². The SMILES string of the molecule is Cc1nc(NCCNS(=O)(=O)c2ccc(Cl)s2)cc(N2CCCCC2)n1. The molecule has 1 aliphatic rings. The average Bonchev–Trinajstić information content (AvgIpc) is 3.07. The van der Waals surface area contributed by atoms with E-state index >= 15 is 0 Å². The minimum absolute atomic E-state index is 0.216. The quantitative estimate of drug-likeness (QED) is 0.676. The second-order valence-corrected chi connectivity index (χ2v) is 9.80. The Kier molecular flexibility index (Phi) is 6.33. The molecule has 2 N–H and O–H groups in total. The first kappa shape index (κ1) is 19.3. The summed E-state index contributed by atoms with van der Waals surface area (Å²) >= 11 is 6.83. The predicted octanol–water partition coefficient (Wildman–Crippen LogP) is 2.88. The molecule has 10 heteroatoms. The Hall–Kier alpha value is -1.42. The van der Waals surface area contributed by atoms with Crippen LogP contribution < -0.4 is 14.9 Å².